The van der Waals surface area contributed by atoms with E-state index in [9.17, 15) is 0 Å². The van der Waals surface area contributed by atoms with E-state index in [1.54, 1.807) is 0 Å². The third-order valence-corrected chi connectivity index (χ3v) is 11.9. The Balaban J connectivity index is 1.15. The second-order valence-corrected chi connectivity index (χ2v) is 14.9. The van der Waals surface area contributed by atoms with Gasteiger partial charge in [0.25, 0.3) is 0 Å². The summed E-state index contributed by atoms with van der Waals surface area (Å²) in [5.41, 5.74) is 11.1. The molecule has 3 aromatic heterocycles. The molecule has 264 valence electrons. The molecule has 5 heteroatoms. The minimum absolute atomic E-state index is 0.637. The van der Waals surface area contributed by atoms with Gasteiger partial charge in [-0.2, -0.15) is 0 Å². The minimum atomic E-state index is 0.637. The van der Waals surface area contributed by atoms with Gasteiger partial charge in [0.15, 0.2) is 17.2 Å². The van der Waals surface area contributed by atoms with Gasteiger partial charge in [0.2, 0.25) is 0 Å². The number of furan rings is 1. The highest BCUT2D eigenvalue weighted by Gasteiger charge is 2.29. The Kier molecular flexibility index (Phi) is 6.10. The van der Waals surface area contributed by atoms with Crippen LogP contribution in [-0.4, -0.2) is 14.5 Å². The van der Waals surface area contributed by atoms with Crippen LogP contribution in [-0.2, 0) is 0 Å². The SMILES string of the molecule is c1ccc2c(-c3nc(-n4c5ccccc5c5ccccc54)c4oc5ccccc5c4n3)cc(N3c4c(ccc5ccccc45)-c4cccc5cccc3c45)cc2c1. The molecule has 0 spiro atoms. The number of aromatic nitrogens is 3. The summed E-state index contributed by atoms with van der Waals surface area (Å²) in [6, 6.07) is 65.0. The van der Waals surface area contributed by atoms with Crippen molar-refractivity contribution in [2.75, 3.05) is 4.90 Å². The van der Waals surface area contributed by atoms with E-state index in [0.29, 0.717) is 17.2 Å². The number of nitrogens with zero attached hydrogens (tertiary/aromatic N) is 4. The van der Waals surface area contributed by atoms with Gasteiger partial charge in [-0.15, -0.1) is 0 Å². The molecule has 0 N–H and O–H groups in total. The Morgan fingerprint density at radius 1 is 0.439 bits per heavy atom. The minimum Gasteiger partial charge on any atom is -0.450 e. The van der Waals surface area contributed by atoms with Crippen molar-refractivity contribution in [2.24, 2.45) is 0 Å². The fraction of sp³-hybridized carbons (Fsp3) is 0. The van der Waals surface area contributed by atoms with Gasteiger partial charge < -0.3 is 9.32 Å². The lowest BCUT2D eigenvalue weighted by Crippen LogP contribution is -2.16. The van der Waals surface area contributed by atoms with Gasteiger partial charge in [0, 0.05) is 43.7 Å². The first-order valence-corrected chi connectivity index (χ1v) is 19.3. The van der Waals surface area contributed by atoms with Crippen molar-refractivity contribution in [3.8, 4) is 28.3 Å². The second kappa shape index (κ2) is 11.4. The maximum Gasteiger partial charge on any atom is 0.197 e. The van der Waals surface area contributed by atoms with Crippen molar-refractivity contribution < 1.29 is 4.42 Å². The van der Waals surface area contributed by atoms with Crippen molar-refractivity contribution in [3.05, 3.63) is 182 Å². The number of anilines is 3. The van der Waals surface area contributed by atoms with Crippen molar-refractivity contribution >= 4 is 93.3 Å². The summed E-state index contributed by atoms with van der Waals surface area (Å²) in [7, 11) is 0. The number of para-hydroxylation sites is 3. The van der Waals surface area contributed by atoms with Crippen LogP contribution >= 0.6 is 0 Å². The highest BCUT2D eigenvalue weighted by molar-refractivity contribution is 6.20. The third kappa shape index (κ3) is 4.23. The highest BCUT2D eigenvalue weighted by atomic mass is 16.3. The lowest BCUT2D eigenvalue weighted by Gasteiger charge is -2.35. The predicted octanol–water partition coefficient (Wildman–Crippen LogP) is 14.0. The Morgan fingerprint density at radius 3 is 1.89 bits per heavy atom. The average molecular weight is 727 g/mol. The van der Waals surface area contributed by atoms with Gasteiger partial charge in [-0.1, -0.05) is 140 Å². The van der Waals surface area contributed by atoms with E-state index in [-0.39, 0.29) is 0 Å². The molecule has 5 nitrogen and oxygen atoms in total. The molecule has 12 aromatic rings. The molecule has 0 radical (unpaired) electrons. The van der Waals surface area contributed by atoms with E-state index < -0.39 is 0 Å². The molecule has 0 aliphatic carbocycles. The van der Waals surface area contributed by atoms with Crippen molar-refractivity contribution in [1.29, 1.82) is 0 Å². The molecule has 1 aliphatic rings. The lowest BCUT2D eigenvalue weighted by atomic mass is 9.88. The van der Waals surface area contributed by atoms with E-state index in [1.165, 1.54) is 38.4 Å². The molecular weight excluding hydrogens is 697 g/mol. The smallest absolute Gasteiger partial charge is 0.197 e. The summed E-state index contributed by atoms with van der Waals surface area (Å²) >= 11 is 0. The summed E-state index contributed by atoms with van der Waals surface area (Å²) in [4.78, 5) is 13.4. The van der Waals surface area contributed by atoms with Gasteiger partial charge in [-0.25, -0.2) is 9.97 Å². The normalized spacial score (nSPS) is 12.5. The second-order valence-electron chi connectivity index (χ2n) is 14.9. The van der Waals surface area contributed by atoms with Gasteiger partial charge in [-0.3, -0.25) is 4.57 Å². The molecule has 0 amide bonds. The van der Waals surface area contributed by atoms with Crippen LogP contribution in [0.15, 0.2) is 186 Å². The molecule has 9 aromatic carbocycles. The standard InChI is InChI=1S/C52H30N4O/c1-4-18-36-31(13-1)27-28-40-39-22-11-15-32-16-12-25-45(47(32)39)55(49(36)40)34-29-33-14-2-3-17-35(33)42(30-34)51-53-48-41-21-7-10-26-46(41)57-50(48)52(54-51)56-43-23-8-5-19-37(43)38-20-6-9-24-44(38)56/h1-30H. The Labute approximate surface area is 326 Å². The fourth-order valence-corrected chi connectivity index (χ4v) is 9.44. The maximum absolute atomic E-state index is 6.69. The molecule has 0 unspecified atom stereocenters. The Bertz CT molecular complexity index is 3610. The quantitative estimate of drug-likeness (QED) is 0.182. The summed E-state index contributed by atoms with van der Waals surface area (Å²) in [5.74, 6) is 1.35. The molecule has 0 saturated carbocycles. The average Bonchev–Trinajstić information content (AvgIpc) is 3.82. The lowest BCUT2D eigenvalue weighted by molar-refractivity contribution is 0.662. The molecule has 4 heterocycles. The van der Waals surface area contributed by atoms with Crippen LogP contribution in [0.1, 0.15) is 0 Å². The predicted molar refractivity (Wildman–Crippen MR) is 235 cm³/mol. The topological polar surface area (TPSA) is 47.1 Å². The van der Waals surface area contributed by atoms with E-state index in [2.05, 4.69) is 173 Å². The summed E-state index contributed by atoms with van der Waals surface area (Å²) < 4.78 is 8.94. The molecule has 13 rings (SSSR count). The number of hydrogen-bond acceptors (Lipinski definition) is 4. The van der Waals surface area contributed by atoms with E-state index in [4.69, 9.17) is 14.4 Å². The van der Waals surface area contributed by atoms with Crippen LogP contribution < -0.4 is 4.90 Å². The molecule has 0 fully saturated rings. The molecule has 1 aliphatic heterocycles. The number of hydrogen-bond donors (Lipinski definition) is 0. The first kappa shape index (κ1) is 30.6. The van der Waals surface area contributed by atoms with Gasteiger partial charge in [0.1, 0.15) is 11.1 Å². The van der Waals surface area contributed by atoms with Crippen molar-refractivity contribution in [1.82, 2.24) is 14.5 Å². The number of benzene rings is 9. The fourth-order valence-electron chi connectivity index (χ4n) is 9.44. The van der Waals surface area contributed by atoms with Crippen LogP contribution in [0.2, 0.25) is 0 Å². The summed E-state index contributed by atoms with van der Waals surface area (Å²) in [5, 5.41) is 10.3. The van der Waals surface area contributed by atoms with Crippen molar-refractivity contribution in [2.45, 2.75) is 0 Å². The molecule has 0 atom stereocenters. The van der Waals surface area contributed by atoms with Crippen molar-refractivity contribution in [3.63, 3.8) is 0 Å². The van der Waals surface area contributed by atoms with E-state index in [0.717, 1.165) is 66.0 Å². The Hall–Kier alpha value is -7.76. The van der Waals surface area contributed by atoms with Crippen LogP contribution in [0.4, 0.5) is 17.1 Å². The zero-order valence-corrected chi connectivity index (χ0v) is 30.5. The van der Waals surface area contributed by atoms with E-state index in [1.807, 2.05) is 18.2 Å². The van der Waals surface area contributed by atoms with Gasteiger partial charge in [0.05, 0.1) is 22.4 Å². The van der Waals surface area contributed by atoms with E-state index >= 15 is 0 Å². The molecule has 0 saturated heterocycles. The highest BCUT2D eigenvalue weighted by Crippen LogP contribution is 2.54. The number of rotatable bonds is 3. The first-order chi connectivity index (χ1) is 28.3. The zero-order valence-electron chi connectivity index (χ0n) is 30.5. The molecule has 57 heavy (non-hydrogen) atoms. The zero-order chi connectivity index (χ0) is 37.2. The third-order valence-electron chi connectivity index (χ3n) is 11.9. The molecular formula is C52H30N4O. The molecule has 0 bridgehead atoms. The van der Waals surface area contributed by atoms with Gasteiger partial charge >= 0.3 is 0 Å². The van der Waals surface area contributed by atoms with Crippen LogP contribution in [0.5, 0.6) is 0 Å². The summed E-state index contributed by atoms with van der Waals surface area (Å²) in [6.45, 7) is 0. The van der Waals surface area contributed by atoms with Gasteiger partial charge in [-0.05, 0) is 69.6 Å². The monoisotopic (exact) mass is 726 g/mol. The Morgan fingerprint density at radius 2 is 1.09 bits per heavy atom. The van der Waals surface area contributed by atoms with Crippen LogP contribution in [0, 0.1) is 0 Å². The van der Waals surface area contributed by atoms with Crippen LogP contribution in [0.3, 0.4) is 0 Å². The maximum atomic E-state index is 6.69. The number of fused-ring (bicyclic) bond motifs is 11. The first-order valence-electron chi connectivity index (χ1n) is 19.3. The van der Waals surface area contributed by atoms with Crippen LogP contribution in [0.25, 0.3) is 105 Å². The summed E-state index contributed by atoms with van der Waals surface area (Å²) in [6.07, 6.45) is 0. The largest absolute Gasteiger partial charge is 0.450 e.